The fourth-order valence-corrected chi connectivity index (χ4v) is 2.20. The SMILES string of the molecule is CC(C)CCNC(=O)c1c[nH]c(=S)n1-c1ccccc1. The number of nitrogens with zero attached hydrogens (tertiary/aromatic N) is 1. The Hall–Kier alpha value is -1.88. The van der Waals surface area contributed by atoms with E-state index in [0.717, 1.165) is 12.1 Å². The van der Waals surface area contributed by atoms with E-state index in [1.54, 1.807) is 10.8 Å². The first-order valence-electron chi connectivity index (χ1n) is 6.73. The third-order valence-corrected chi connectivity index (χ3v) is 3.33. The van der Waals surface area contributed by atoms with Gasteiger partial charge in [0.2, 0.25) is 0 Å². The highest BCUT2D eigenvalue weighted by Gasteiger charge is 2.13. The lowest BCUT2D eigenvalue weighted by Gasteiger charge is -2.10. The summed E-state index contributed by atoms with van der Waals surface area (Å²) in [6, 6.07) is 9.63. The number of carbonyl (C=O) groups is 1. The summed E-state index contributed by atoms with van der Waals surface area (Å²) in [7, 11) is 0. The van der Waals surface area contributed by atoms with Crippen molar-refractivity contribution in [3.63, 3.8) is 0 Å². The van der Waals surface area contributed by atoms with E-state index in [9.17, 15) is 4.79 Å². The van der Waals surface area contributed by atoms with Crippen LogP contribution in [-0.2, 0) is 0 Å². The number of aromatic nitrogens is 2. The number of benzene rings is 1. The largest absolute Gasteiger partial charge is 0.351 e. The van der Waals surface area contributed by atoms with Crippen LogP contribution >= 0.6 is 12.2 Å². The second-order valence-corrected chi connectivity index (χ2v) is 5.48. The number of imidazole rings is 1. The van der Waals surface area contributed by atoms with Crippen molar-refractivity contribution in [1.29, 1.82) is 0 Å². The van der Waals surface area contributed by atoms with Gasteiger partial charge in [0.25, 0.3) is 5.91 Å². The summed E-state index contributed by atoms with van der Waals surface area (Å²) in [4.78, 5) is 15.2. The lowest BCUT2D eigenvalue weighted by Crippen LogP contribution is -2.27. The topological polar surface area (TPSA) is 49.8 Å². The van der Waals surface area contributed by atoms with Crippen molar-refractivity contribution >= 4 is 18.1 Å². The van der Waals surface area contributed by atoms with Gasteiger partial charge in [-0.1, -0.05) is 32.0 Å². The Labute approximate surface area is 123 Å². The minimum atomic E-state index is -0.109. The van der Waals surface area contributed by atoms with E-state index in [-0.39, 0.29) is 5.91 Å². The average Bonchev–Trinajstić information content (AvgIpc) is 2.81. The molecular formula is C15H19N3OS. The highest BCUT2D eigenvalue weighted by atomic mass is 32.1. The molecule has 0 radical (unpaired) electrons. The van der Waals surface area contributed by atoms with Crippen LogP contribution in [0.5, 0.6) is 0 Å². The van der Waals surface area contributed by atoms with Crippen LogP contribution < -0.4 is 5.32 Å². The second kappa shape index (κ2) is 6.52. The first-order chi connectivity index (χ1) is 9.59. The fourth-order valence-electron chi connectivity index (χ4n) is 1.93. The van der Waals surface area contributed by atoms with Gasteiger partial charge >= 0.3 is 0 Å². The third kappa shape index (κ3) is 3.36. The van der Waals surface area contributed by atoms with E-state index in [2.05, 4.69) is 24.1 Å². The van der Waals surface area contributed by atoms with Crippen molar-refractivity contribution in [1.82, 2.24) is 14.9 Å². The standard InChI is InChI=1S/C15H19N3OS/c1-11(2)8-9-16-14(19)13-10-17-15(20)18(13)12-6-4-3-5-7-12/h3-7,10-11H,8-9H2,1-2H3,(H,16,19)(H,17,20). The molecule has 1 heterocycles. The van der Waals surface area contributed by atoms with Gasteiger partial charge in [0.05, 0.1) is 0 Å². The monoisotopic (exact) mass is 289 g/mol. The quantitative estimate of drug-likeness (QED) is 0.830. The minimum Gasteiger partial charge on any atom is -0.351 e. The third-order valence-electron chi connectivity index (χ3n) is 3.03. The summed E-state index contributed by atoms with van der Waals surface area (Å²) in [6.07, 6.45) is 2.61. The van der Waals surface area contributed by atoms with Gasteiger partial charge in [0, 0.05) is 18.4 Å². The van der Waals surface area contributed by atoms with Crippen molar-refractivity contribution in [2.75, 3.05) is 6.54 Å². The number of H-pyrrole nitrogens is 1. The second-order valence-electron chi connectivity index (χ2n) is 5.09. The van der Waals surface area contributed by atoms with Crippen LogP contribution in [0.15, 0.2) is 36.5 Å². The van der Waals surface area contributed by atoms with Crippen LogP contribution in [-0.4, -0.2) is 22.0 Å². The summed E-state index contributed by atoms with van der Waals surface area (Å²) in [6.45, 7) is 4.94. The van der Waals surface area contributed by atoms with Crippen molar-refractivity contribution < 1.29 is 4.79 Å². The van der Waals surface area contributed by atoms with E-state index in [1.165, 1.54) is 0 Å². The predicted molar refractivity (Wildman–Crippen MR) is 82.7 cm³/mol. The Morgan fingerprint density at radius 2 is 2.05 bits per heavy atom. The Kier molecular flexibility index (Phi) is 4.74. The Morgan fingerprint density at radius 1 is 1.35 bits per heavy atom. The Morgan fingerprint density at radius 3 is 2.70 bits per heavy atom. The molecule has 2 rings (SSSR count). The molecule has 0 saturated carbocycles. The van der Waals surface area contributed by atoms with Crippen LogP contribution in [0.4, 0.5) is 0 Å². The number of nitrogens with one attached hydrogen (secondary N) is 2. The zero-order valence-electron chi connectivity index (χ0n) is 11.7. The molecule has 1 amide bonds. The number of para-hydroxylation sites is 1. The molecule has 0 bridgehead atoms. The number of hydrogen-bond acceptors (Lipinski definition) is 2. The predicted octanol–water partition coefficient (Wildman–Crippen LogP) is 3.31. The van der Waals surface area contributed by atoms with Crippen molar-refractivity contribution in [2.45, 2.75) is 20.3 Å². The van der Waals surface area contributed by atoms with E-state index < -0.39 is 0 Å². The summed E-state index contributed by atoms with van der Waals surface area (Å²) in [5.74, 6) is 0.458. The summed E-state index contributed by atoms with van der Waals surface area (Å²) >= 11 is 5.26. The maximum absolute atomic E-state index is 12.2. The van der Waals surface area contributed by atoms with Gasteiger partial charge in [0.15, 0.2) is 4.77 Å². The van der Waals surface area contributed by atoms with Gasteiger partial charge in [0.1, 0.15) is 5.69 Å². The number of carbonyl (C=O) groups excluding carboxylic acids is 1. The molecule has 0 aliphatic rings. The van der Waals surface area contributed by atoms with E-state index >= 15 is 0 Å². The minimum absolute atomic E-state index is 0.109. The van der Waals surface area contributed by atoms with Crippen molar-refractivity contribution in [2.24, 2.45) is 5.92 Å². The van der Waals surface area contributed by atoms with E-state index in [1.807, 2.05) is 30.3 Å². The molecule has 0 aliphatic carbocycles. The average molecular weight is 289 g/mol. The molecule has 1 aromatic carbocycles. The summed E-state index contributed by atoms with van der Waals surface area (Å²) in [5.41, 5.74) is 1.41. The molecular weight excluding hydrogens is 270 g/mol. The molecule has 0 fully saturated rings. The van der Waals surface area contributed by atoms with Gasteiger partial charge in [-0.3, -0.25) is 9.36 Å². The highest BCUT2D eigenvalue weighted by Crippen LogP contribution is 2.12. The summed E-state index contributed by atoms with van der Waals surface area (Å²) < 4.78 is 2.27. The fraction of sp³-hybridized carbons (Fsp3) is 0.333. The Bertz CT molecular complexity index is 628. The van der Waals surface area contributed by atoms with Crippen molar-refractivity contribution in [3.05, 3.63) is 47.0 Å². The first-order valence-corrected chi connectivity index (χ1v) is 7.14. The molecule has 0 saturated heterocycles. The zero-order chi connectivity index (χ0) is 14.5. The number of rotatable bonds is 5. The lowest BCUT2D eigenvalue weighted by molar-refractivity contribution is 0.0945. The summed E-state index contributed by atoms with van der Waals surface area (Å²) in [5, 5.41) is 2.93. The molecule has 2 N–H and O–H groups in total. The van der Waals surface area contributed by atoms with Gasteiger partial charge in [-0.2, -0.15) is 0 Å². The lowest BCUT2D eigenvalue weighted by atomic mass is 10.1. The van der Waals surface area contributed by atoms with Crippen LogP contribution in [0.1, 0.15) is 30.8 Å². The molecule has 2 aromatic rings. The van der Waals surface area contributed by atoms with Crippen LogP contribution in [0.25, 0.3) is 5.69 Å². The van der Waals surface area contributed by atoms with Gasteiger partial charge in [-0.05, 0) is 36.7 Å². The van der Waals surface area contributed by atoms with Crippen molar-refractivity contribution in [3.8, 4) is 5.69 Å². The molecule has 0 atom stereocenters. The maximum Gasteiger partial charge on any atom is 0.269 e. The number of aromatic amines is 1. The number of hydrogen-bond donors (Lipinski definition) is 2. The number of amides is 1. The smallest absolute Gasteiger partial charge is 0.269 e. The molecule has 20 heavy (non-hydrogen) atoms. The molecule has 106 valence electrons. The zero-order valence-corrected chi connectivity index (χ0v) is 12.5. The van der Waals surface area contributed by atoms with Crippen LogP contribution in [0.3, 0.4) is 0 Å². The van der Waals surface area contributed by atoms with E-state index in [4.69, 9.17) is 12.2 Å². The van der Waals surface area contributed by atoms with Gasteiger partial charge in [-0.25, -0.2) is 0 Å². The Balaban J connectivity index is 2.21. The molecule has 0 aliphatic heterocycles. The molecule has 5 heteroatoms. The first kappa shape index (κ1) is 14.5. The van der Waals surface area contributed by atoms with E-state index in [0.29, 0.717) is 22.9 Å². The maximum atomic E-state index is 12.2. The van der Waals surface area contributed by atoms with Crippen LogP contribution in [0.2, 0.25) is 0 Å². The molecule has 0 unspecified atom stereocenters. The van der Waals surface area contributed by atoms with Gasteiger partial charge < -0.3 is 10.3 Å². The molecule has 0 spiro atoms. The normalized spacial score (nSPS) is 10.8. The van der Waals surface area contributed by atoms with Crippen LogP contribution in [0, 0.1) is 10.7 Å². The molecule has 1 aromatic heterocycles. The van der Waals surface area contributed by atoms with Gasteiger partial charge in [-0.15, -0.1) is 0 Å². The molecule has 4 nitrogen and oxygen atoms in total. The highest BCUT2D eigenvalue weighted by molar-refractivity contribution is 7.71.